The highest BCUT2D eigenvalue weighted by Gasteiger charge is 2.24. The van der Waals surface area contributed by atoms with Crippen LogP contribution in [0.4, 0.5) is 0 Å². The van der Waals surface area contributed by atoms with Gasteiger partial charge in [-0.05, 0) is 43.2 Å². The van der Waals surface area contributed by atoms with E-state index in [1.54, 1.807) is 0 Å². The maximum absolute atomic E-state index is 5.32. The predicted octanol–water partition coefficient (Wildman–Crippen LogP) is 2.52. The molecule has 14 heavy (non-hydrogen) atoms. The molecule has 2 unspecified atom stereocenters. The molecule has 80 valence electrons. The van der Waals surface area contributed by atoms with Gasteiger partial charge in [-0.1, -0.05) is 6.92 Å². The Kier molecular flexibility index (Phi) is 6.14. The molecule has 0 aromatic rings. The minimum atomic E-state index is 0.668. The second-order valence-electron chi connectivity index (χ2n) is 3.93. The molecule has 0 radical (unpaired) electrons. The van der Waals surface area contributed by atoms with Gasteiger partial charge in [0.15, 0.2) is 0 Å². The Morgan fingerprint density at radius 1 is 1.64 bits per heavy atom. The fourth-order valence-corrected chi connectivity index (χ4v) is 3.28. The van der Waals surface area contributed by atoms with E-state index in [1.807, 2.05) is 0 Å². The van der Waals surface area contributed by atoms with Gasteiger partial charge in [0.05, 0.1) is 0 Å². The van der Waals surface area contributed by atoms with E-state index < -0.39 is 0 Å². The molecular formula is C12H21NS. The summed E-state index contributed by atoms with van der Waals surface area (Å²) in [6, 6.07) is 0.668. The zero-order chi connectivity index (χ0) is 10.2. The Morgan fingerprint density at radius 2 is 2.50 bits per heavy atom. The van der Waals surface area contributed by atoms with Crippen LogP contribution in [0.25, 0.3) is 0 Å². The fourth-order valence-electron chi connectivity index (χ4n) is 1.94. The molecule has 0 spiro atoms. The molecule has 2 heteroatoms. The van der Waals surface area contributed by atoms with Gasteiger partial charge >= 0.3 is 0 Å². The summed E-state index contributed by atoms with van der Waals surface area (Å²) in [5.41, 5.74) is 0. The Morgan fingerprint density at radius 3 is 3.07 bits per heavy atom. The molecule has 0 aliphatic carbocycles. The maximum Gasteiger partial charge on any atom is 0.0113 e. The Labute approximate surface area is 92.4 Å². The first kappa shape index (κ1) is 11.9. The summed E-state index contributed by atoms with van der Waals surface area (Å²) in [5, 5.41) is 3.64. The van der Waals surface area contributed by atoms with Crippen LogP contribution in [-0.2, 0) is 0 Å². The van der Waals surface area contributed by atoms with E-state index in [9.17, 15) is 0 Å². The minimum Gasteiger partial charge on any atom is -0.314 e. The molecule has 0 aromatic carbocycles. The molecule has 1 aliphatic rings. The van der Waals surface area contributed by atoms with Gasteiger partial charge in [-0.15, -0.1) is 12.3 Å². The van der Waals surface area contributed by atoms with Gasteiger partial charge < -0.3 is 5.32 Å². The van der Waals surface area contributed by atoms with Gasteiger partial charge in [-0.25, -0.2) is 0 Å². The number of terminal acetylenes is 1. The summed E-state index contributed by atoms with van der Waals surface area (Å²) in [7, 11) is 0. The van der Waals surface area contributed by atoms with Gasteiger partial charge in [0, 0.05) is 12.5 Å². The van der Waals surface area contributed by atoms with Crippen LogP contribution < -0.4 is 5.32 Å². The Bertz CT molecular complexity index is 179. The molecule has 1 rings (SSSR count). The molecule has 0 aromatic heterocycles. The summed E-state index contributed by atoms with van der Waals surface area (Å²) in [4.78, 5) is 0. The second-order valence-corrected chi connectivity index (χ2v) is 5.08. The van der Waals surface area contributed by atoms with E-state index >= 15 is 0 Å². The molecular weight excluding hydrogens is 190 g/mol. The summed E-state index contributed by atoms with van der Waals surface area (Å²) in [6.07, 6.45) is 9.98. The molecule has 1 fully saturated rings. The van der Waals surface area contributed by atoms with Crippen LogP contribution in [0.15, 0.2) is 0 Å². The van der Waals surface area contributed by atoms with Crippen LogP contribution >= 0.6 is 11.8 Å². The van der Waals surface area contributed by atoms with Crippen molar-refractivity contribution in [3.05, 3.63) is 0 Å². The van der Waals surface area contributed by atoms with Gasteiger partial charge in [-0.2, -0.15) is 11.8 Å². The quantitative estimate of drug-likeness (QED) is 0.678. The van der Waals surface area contributed by atoms with Crippen molar-refractivity contribution in [2.24, 2.45) is 5.92 Å². The summed E-state index contributed by atoms with van der Waals surface area (Å²) in [6.45, 7) is 3.35. The SMILES string of the molecule is C#CCCC(NCCC)C1CCSC1. The third-order valence-electron chi connectivity index (χ3n) is 2.79. The first-order valence-electron chi connectivity index (χ1n) is 5.63. The molecule has 1 N–H and O–H groups in total. The summed E-state index contributed by atoms with van der Waals surface area (Å²) in [5.74, 6) is 6.28. The molecule has 0 saturated carbocycles. The highest BCUT2D eigenvalue weighted by atomic mass is 32.2. The molecule has 1 heterocycles. The van der Waals surface area contributed by atoms with Crippen LogP contribution in [0.2, 0.25) is 0 Å². The number of hydrogen-bond donors (Lipinski definition) is 1. The average Bonchev–Trinajstić information content (AvgIpc) is 2.71. The molecule has 0 bridgehead atoms. The van der Waals surface area contributed by atoms with Crippen LogP contribution in [0.5, 0.6) is 0 Å². The van der Waals surface area contributed by atoms with E-state index in [2.05, 4.69) is 29.9 Å². The fraction of sp³-hybridized carbons (Fsp3) is 0.833. The van der Waals surface area contributed by atoms with Gasteiger partial charge in [0.25, 0.3) is 0 Å². The molecule has 1 aliphatic heterocycles. The Hall–Kier alpha value is -0.130. The van der Waals surface area contributed by atoms with Crippen molar-refractivity contribution < 1.29 is 0 Å². The van der Waals surface area contributed by atoms with Crippen LogP contribution in [-0.4, -0.2) is 24.1 Å². The predicted molar refractivity (Wildman–Crippen MR) is 65.6 cm³/mol. The third kappa shape index (κ3) is 3.94. The van der Waals surface area contributed by atoms with Gasteiger partial charge in [-0.3, -0.25) is 0 Å². The minimum absolute atomic E-state index is 0.668. The van der Waals surface area contributed by atoms with Crippen molar-refractivity contribution in [2.45, 2.75) is 38.6 Å². The number of nitrogens with one attached hydrogen (secondary N) is 1. The molecule has 1 nitrogen and oxygen atoms in total. The number of rotatable bonds is 6. The van der Waals surface area contributed by atoms with Crippen LogP contribution in [0, 0.1) is 18.3 Å². The number of thioether (sulfide) groups is 1. The zero-order valence-corrected chi connectivity index (χ0v) is 9.91. The van der Waals surface area contributed by atoms with Crippen molar-refractivity contribution >= 4 is 11.8 Å². The lowest BCUT2D eigenvalue weighted by atomic mass is 9.95. The van der Waals surface area contributed by atoms with E-state index in [0.29, 0.717) is 6.04 Å². The standard InChI is InChI=1S/C12H21NS/c1-3-5-6-12(13-8-4-2)11-7-9-14-10-11/h1,11-13H,4-10H2,2H3. The topological polar surface area (TPSA) is 12.0 Å². The van der Waals surface area contributed by atoms with Crippen molar-refractivity contribution in [2.75, 3.05) is 18.1 Å². The highest BCUT2D eigenvalue weighted by Crippen LogP contribution is 2.27. The summed E-state index contributed by atoms with van der Waals surface area (Å²) < 4.78 is 0. The van der Waals surface area contributed by atoms with E-state index in [4.69, 9.17) is 6.42 Å². The van der Waals surface area contributed by atoms with Crippen molar-refractivity contribution in [3.63, 3.8) is 0 Å². The van der Waals surface area contributed by atoms with Crippen LogP contribution in [0.1, 0.15) is 32.6 Å². The second kappa shape index (κ2) is 7.20. The monoisotopic (exact) mass is 211 g/mol. The van der Waals surface area contributed by atoms with Crippen molar-refractivity contribution in [3.8, 4) is 12.3 Å². The van der Waals surface area contributed by atoms with E-state index in [0.717, 1.165) is 25.3 Å². The smallest absolute Gasteiger partial charge is 0.0113 e. The lowest BCUT2D eigenvalue weighted by molar-refractivity contribution is 0.366. The summed E-state index contributed by atoms with van der Waals surface area (Å²) >= 11 is 2.09. The zero-order valence-electron chi connectivity index (χ0n) is 9.09. The molecule has 0 amide bonds. The van der Waals surface area contributed by atoms with Crippen molar-refractivity contribution in [1.29, 1.82) is 0 Å². The molecule has 1 saturated heterocycles. The van der Waals surface area contributed by atoms with Crippen molar-refractivity contribution in [1.82, 2.24) is 5.32 Å². The van der Waals surface area contributed by atoms with Crippen LogP contribution in [0.3, 0.4) is 0 Å². The number of hydrogen-bond acceptors (Lipinski definition) is 2. The largest absolute Gasteiger partial charge is 0.314 e. The average molecular weight is 211 g/mol. The van der Waals surface area contributed by atoms with Gasteiger partial charge in [0.1, 0.15) is 0 Å². The first-order chi connectivity index (χ1) is 6.88. The lowest BCUT2D eigenvalue weighted by Crippen LogP contribution is -2.36. The van der Waals surface area contributed by atoms with E-state index in [1.165, 1.54) is 24.3 Å². The maximum atomic E-state index is 5.32. The first-order valence-corrected chi connectivity index (χ1v) is 6.78. The lowest BCUT2D eigenvalue weighted by Gasteiger charge is -2.23. The molecule has 2 atom stereocenters. The third-order valence-corrected chi connectivity index (χ3v) is 3.98. The van der Waals surface area contributed by atoms with E-state index in [-0.39, 0.29) is 0 Å². The van der Waals surface area contributed by atoms with Gasteiger partial charge in [0.2, 0.25) is 0 Å². The normalized spacial score (nSPS) is 23.3. The highest BCUT2D eigenvalue weighted by molar-refractivity contribution is 7.99. The Balaban J connectivity index is 2.30.